The van der Waals surface area contributed by atoms with Gasteiger partial charge in [0.05, 0.1) is 20.3 Å². The fourth-order valence-electron chi connectivity index (χ4n) is 4.08. The molecular weight excluding hydrogens is 382 g/mol. The van der Waals surface area contributed by atoms with Crippen LogP contribution in [0.2, 0.25) is 0 Å². The third-order valence-electron chi connectivity index (χ3n) is 5.46. The molecule has 0 saturated carbocycles. The average molecular weight is 407 g/mol. The highest BCUT2D eigenvalue weighted by molar-refractivity contribution is 6.00. The quantitative estimate of drug-likeness (QED) is 0.643. The van der Waals surface area contributed by atoms with E-state index in [0.717, 1.165) is 23.1 Å². The largest absolute Gasteiger partial charge is 0.507 e. The van der Waals surface area contributed by atoms with E-state index in [2.05, 4.69) is 10.2 Å². The zero-order valence-corrected chi connectivity index (χ0v) is 17.5. The van der Waals surface area contributed by atoms with Crippen LogP contribution in [0.15, 0.2) is 36.4 Å². The normalized spacial score (nSPS) is 15.4. The van der Waals surface area contributed by atoms with E-state index >= 15 is 0 Å². The summed E-state index contributed by atoms with van der Waals surface area (Å²) in [5.41, 5.74) is 4.29. The fraction of sp³-hybridized carbons (Fsp3) is 0.304. The molecule has 30 heavy (non-hydrogen) atoms. The maximum Gasteiger partial charge on any atom is 0.273 e. The lowest BCUT2D eigenvalue weighted by Crippen LogP contribution is -2.30. The van der Waals surface area contributed by atoms with Gasteiger partial charge in [0.15, 0.2) is 11.5 Å². The second-order valence-electron chi connectivity index (χ2n) is 7.40. The summed E-state index contributed by atoms with van der Waals surface area (Å²) in [5.74, 6) is 1.24. The van der Waals surface area contributed by atoms with Gasteiger partial charge in [-0.05, 0) is 43.2 Å². The molecule has 4 rings (SSSR count). The van der Waals surface area contributed by atoms with Crippen LogP contribution in [-0.2, 0) is 0 Å². The number of carbonyl (C=O) groups is 1. The van der Waals surface area contributed by atoms with Crippen molar-refractivity contribution in [1.29, 1.82) is 0 Å². The fourth-order valence-corrected chi connectivity index (χ4v) is 4.08. The SMILES string of the molecule is CCCN1C(=O)c2[nH]nc(-c3cc(C)ccc3O)c2[C@@H]1c1ccc(OC)c(OC)c1. The van der Waals surface area contributed by atoms with Crippen molar-refractivity contribution in [2.24, 2.45) is 0 Å². The summed E-state index contributed by atoms with van der Waals surface area (Å²) in [6.45, 7) is 4.59. The number of amides is 1. The van der Waals surface area contributed by atoms with E-state index < -0.39 is 0 Å². The van der Waals surface area contributed by atoms with Gasteiger partial charge in [-0.3, -0.25) is 9.89 Å². The van der Waals surface area contributed by atoms with Crippen LogP contribution in [-0.4, -0.2) is 46.9 Å². The van der Waals surface area contributed by atoms with Gasteiger partial charge < -0.3 is 19.5 Å². The summed E-state index contributed by atoms with van der Waals surface area (Å²) in [5, 5.41) is 17.8. The zero-order chi connectivity index (χ0) is 21.4. The number of nitrogens with one attached hydrogen (secondary N) is 1. The van der Waals surface area contributed by atoms with E-state index in [0.29, 0.717) is 35.0 Å². The number of phenolic OH excluding ortho intramolecular Hbond substituents is 1. The molecule has 0 unspecified atom stereocenters. The molecule has 0 radical (unpaired) electrons. The number of rotatable bonds is 6. The Morgan fingerprint density at radius 2 is 1.90 bits per heavy atom. The zero-order valence-electron chi connectivity index (χ0n) is 17.5. The number of H-pyrrole nitrogens is 1. The number of ether oxygens (including phenoxy) is 2. The van der Waals surface area contributed by atoms with Crippen LogP contribution >= 0.6 is 0 Å². The molecule has 2 aromatic carbocycles. The van der Waals surface area contributed by atoms with Crippen LogP contribution in [0.5, 0.6) is 17.2 Å². The first-order valence-electron chi connectivity index (χ1n) is 9.91. The number of methoxy groups -OCH3 is 2. The molecule has 1 aromatic heterocycles. The first-order chi connectivity index (χ1) is 14.5. The van der Waals surface area contributed by atoms with Crippen molar-refractivity contribution in [2.45, 2.75) is 26.3 Å². The Morgan fingerprint density at radius 1 is 1.13 bits per heavy atom. The summed E-state index contributed by atoms with van der Waals surface area (Å²) in [7, 11) is 3.18. The molecule has 156 valence electrons. The summed E-state index contributed by atoms with van der Waals surface area (Å²) in [6.07, 6.45) is 0.818. The lowest BCUT2D eigenvalue weighted by atomic mass is 9.94. The molecule has 1 aliphatic rings. The minimum absolute atomic E-state index is 0.0995. The van der Waals surface area contributed by atoms with Gasteiger partial charge in [0.1, 0.15) is 17.1 Å². The maximum atomic E-state index is 13.2. The summed E-state index contributed by atoms with van der Waals surface area (Å²) in [6, 6.07) is 10.7. The number of carbonyl (C=O) groups excluding carboxylic acids is 1. The number of phenols is 1. The van der Waals surface area contributed by atoms with E-state index in [-0.39, 0.29) is 17.7 Å². The summed E-state index contributed by atoms with van der Waals surface area (Å²) < 4.78 is 10.9. The highest BCUT2D eigenvalue weighted by Gasteiger charge is 2.42. The first kappa shape index (κ1) is 19.8. The maximum absolute atomic E-state index is 13.2. The molecule has 1 aliphatic heterocycles. The van der Waals surface area contributed by atoms with Crippen molar-refractivity contribution in [3.8, 4) is 28.5 Å². The van der Waals surface area contributed by atoms with Gasteiger partial charge in [0, 0.05) is 17.7 Å². The molecule has 0 bridgehead atoms. The number of hydrogen-bond acceptors (Lipinski definition) is 5. The van der Waals surface area contributed by atoms with Crippen LogP contribution < -0.4 is 9.47 Å². The monoisotopic (exact) mass is 407 g/mol. The lowest BCUT2D eigenvalue weighted by Gasteiger charge is -2.26. The molecular formula is C23H25N3O4. The third kappa shape index (κ3) is 3.07. The number of aromatic amines is 1. The first-order valence-corrected chi connectivity index (χ1v) is 9.91. The van der Waals surface area contributed by atoms with Crippen molar-refractivity contribution >= 4 is 5.91 Å². The Kier molecular flexibility index (Phi) is 5.11. The van der Waals surface area contributed by atoms with Gasteiger partial charge in [0.25, 0.3) is 5.91 Å². The van der Waals surface area contributed by atoms with E-state index in [9.17, 15) is 9.90 Å². The van der Waals surface area contributed by atoms with E-state index in [1.165, 1.54) is 0 Å². The van der Waals surface area contributed by atoms with E-state index in [1.54, 1.807) is 20.3 Å². The van der Waals surface area contributed by atoms with Crippen molar-refractivity contribution in [3.63, 3.8) is 0 Å². The molecule has 2 N–H and O–H groups in total. The highest BCUT2D eigenvalue weighted by Crippen LogP contribution is 2.46. The Bertz CT molecular complexity index is 1110. The van der Waals surface area contributed by atoms with Crippen molar-refractivity contribution in [1.82, 2.24) is 15.1 Å². The number of aryl methyl sites for hydroxylation is 1. The average Bonchev–Trinajstić information content (AvgIpc) is 3.29. The van der Waals surface area contributed by atoms with Crippen LogP contribution in [0.3, 0.4) is 0 Å². The van der Waals surface area contributed by atoms with Gasteiger partial charge in [-0.1, -0.05) is 24.6 Å². The van der Waals surface area contributed by atoms with Crippen LogP contribution in [0, 0.1) is 6.92 Å². The summed E-state index contributed by atoms with van der Waals surface area (Å²) >= 11 is 0. The topological polar surface area (TPSA) is 87.7 Å². The predicted octanol–water partition coefficient (Wildman–Crippen LogP) is 4.06. The van der Waals surface area contributed by atoms with Gasteiger partial charge in [-0.15, -0.1) is 0 Å². The number of aromatic hydroxyl groups is 1. The number of hydrogen-bond donors (Lipinski definition) is 2. The molecule has 3 aromatic rings. The molecule has 7 heteroatoms. The van der Waals surface area contributed by atoms with E-state index in [4.69, 9.17) is 9.47 Å². The van der Waals surface area contributed by atoms with Gasteiger partial charge in [-0.25, -0.2) is 0 Å². The predicted molar refractivity (Wildman–Crippen MR) is 113 cm³/mol. The van der Waals surface area contributed by atoms with E-state index in [1.807, 2.05) is 49.1 Å². The number of benzene rings is 2. The number of nitrogens with zero attached hydrogens (tertiary/aromatic N) is 2. The van der Waals surface area contributed by atoms with Crippen LogP contribution in [0.4, 0.5) is 0 Å². The lowest BCUT2D eigenvalue weighted by molar-refractivity contribution is 0.0743. The number of fused-ring (bicyclic) bond motifs is 1. The molecule has 7 nitrogen and oxygen atoms in total. The molecule has 0 spiro atoms. The highest BCUT2D eigenvalue weighted by atomic mass is 16.5. The second-order valence-corrected chi connectivity index (χ2v) is 7.40. The molecule has 1 amide bonds. The Morgan fingerprint density at radius 3 is 2.60 bits per heavy atom. The molecule has 1 atom stereocenters. The molecule has 2 heterocycles. The molecule has 0 saturated heterocycles. The van der Waals surface area contributed by atoms with Crippen molar-refractivity contribution in [2.75, 3.05) is 20.8 Å². The number of aromatic nitrogens is 2. The minimum atomic E-state index is -0.346. The Hall–Kier alpha value is -3.48. The Balaban J connectivity index is 1.92. The van der Waals surface area contributed by atoms with Gasteiger partial charge in [0.2, 0.25) is 0 Å². The second kappa shape index (κ2) is 7.74. The smallest absolute Gasteiger partial charge is 0.273 e. The standard InChI is InChI=1S/C23H25N3O4/c1-5-10-26-22(14-7-9-17(29-3)18(12-14)30-4)19-20(24-25-21(19)23(26)28)15-11-13(2)6-8-16(15)27/h6-9,11-12,22,27H,5,10H2,1-4H3,(H,24,25)/t22-/m0/s1. The minimum Gasteiger partial charge on any atom is -0.507 e. The van der Waals surface area contributed by atoms with Crippen molar-refractivity contribution < 1.29 is 19.4 Å². The Labute approximate surface area is 175 Å². The van der Waals surface area contributed by atoms with Crippen LogP contribution in [0.1, 0.15) is 46.6 Å². The molecule has 0 aliphatic carbocycles. The third-order valence-corrected chi connectivity index (χ3v) is 5.46. The van der Waals surface area contributed by atoms with Gasteiger partial charge in [-0.2, -0.15) is 5.10 Å². The van der Waals surface area contributed by atoms with Crippen molar-refractivity contribution in [3.05, 3.63) is 58.8 Å². The molecule has 0 fully saturated rings. The van der Waals surface area contributed by atoms with Crippen LogP contribution in [0.25, 0.3) is 11.3 Å². The summed E-state index contributed by atoms with van der Waals surface area (Å²) in [4.78, 5) is 15.0. The van der Waals surface area contributed by atoms with Gasteiger partial charge >= 0.3 is 0 Å².